The fraction of sp³-hybridized carbons (Fsp3) is 0.373. The Balaban J connectivity index is 0.780. The van der Waals surface area contributed by atoms with Crippen molar-refractivity contribution in [1.29, 1.82) is 0 Å². The van der Waals surface area contributed by atoms with Crippen molar-refractivity contribution in [3.63, 3.8) is 0 Å². The number of rotatable bonds is 21. The molecule has 3 heterocycles. The summed E-state index contributed by atoms with van der Waals surface area (Å²) in [7, 11) is 0. The van der Waals surface area contributed by atoms with Gasteiger partial charge in [-0.3, -0.25) is 14.4 Å². The number of ether oxygens (including phenoxy) is 5. The number of halogens is 1. The Kier molecular flexibility index (Phi) is 17.3. The van der Waals surface area contributed by atoms with E-state index in [1.807, 2.05) is 119 Å². The topological polar surface area (TPSA) is 178 Å². The van der Waals surface area contributed by atoms with Gasteiger partial charge in [0.15, 0.2) is 5.75 Å². The largest absolute Gasteiger partial charge is 0.508 e. The summed E-state index contributed by atoms with van der Waals surface area (Å²) < 4.78 is 31.0. The molecule has 1 fully saturated rings. The third-order valence-electron chi connectivity index (χ3n) is 11.3. The summed E-state index contributed by atoms with van der Waals surface area (Å²) in [6.45, 7) is 10.7. The van der Waals surface area contributed by atoms with Crippen LogP contribution in [-0.2, 0) is 28.6 Å². The lowest BCUT2D eigenvalue weighted by Gasteiger charge is -2.35. The van der Waals surface area contributed by atoms with Crippen LogP contribution in [0.3, 0.4) is 0 Å². The second-order valence-electron chi connectivity index (χ2n) is 17.5. The normalized spacial score (nSPS) is 15.8. The van der Waals surface area contributed by atoms with E-state index in [0.717, 1.165) is 52.4 Å². The molecular formula is C51H57BrN4O10S2. The van der Waals surface area contributed by atoms with Crippen LogP contribution in [0, 0.1) is 12.3 Å². The van der Waals surface area contributed by atoms with E-state index in [2.05, 4.69) is 31.5 Å². The predicted octanol–water partition coefficient (Wildman–Crippen LogP) is 9.06. The third kappa shape index (κ3) is 13.2. The van der Waals surface area contributed by atoms with Crippen molar-refractivity contribution in [2.45, 2.75) is 65.3 Å². The smallest absolute Gasteiger partial charge is 0.246 e. The van der Waals surface area contributed by atoms with E-state index in [4.69, 9.17) is 23.7 Å². The number of aromatic hydroxyl groups is 1. The van der Waals surface area contributed by atoms with E-state index >= 15 is 0 Å². The van der Waals surface area contributed by atoms with Crippen molar-refractivity contribution in [2.75, 3.05) is 52.8 Å². The van der Waals surface area contributed by atoms with Crippen LogP contribution in [0.5, 0.6) is 23.0 Å². The highest BCUT2D eigenvalue weighted by Gasteiger charge is 2.44. The minimum absolute atomic E-state index is 0.0238. The quantitative estimate of drug-likeness (QED) is 0.0506. The number of amides is 3. The van der Waals surface area contributed by atoms with Crippen LogP contribution in [0.15, 0.2) is 101 Å². The number of thiazole rings is 1. The van der Waals surface area contributed by atoms with Gasteiger partial charge in [-0.05, 0) is 90.6 Å². The van der Waals surface area contributed by atoms with Crippen molar-refractivity contribution in [3.8, 4) is 43.9 Å². The maximum absolute atomic E-state index is 14.0. The number of nitrogens with one attached hydrogen (secondary N) is 2. The van der Waals surface area contributed by atoms with Crippen LogP contribution in [0.1, 0.15) is 51.4 Å². The van der Waals surface area contributed by atoms with E-state index in [0.29, 0.717) is 37.9 Å². The Hall–Kier alpha value is -5.40. The number of aryl methyl sites for hydroxylation is 1. The molecule has 360 valence electrons. The van der Waals surface area contributed by atoms with Crippen LogP contribution < -0.4 is 20.1 Å². The minimum Gasteiger partial charge on any atom is -0.508 e. The van der Waals surface area contributed by atoms with Crippen LogP contribution in [-0.4, -0.2) is 109 Å². The highest BCUT2D eigenvalue weighted by atomic mass is 79.9. The zero-order valence-corrected chi connectivity index (χ0v) is 41.9. The fourth-order valence-electron chi connectivity index (χ4n) is 7.72. The number of aliphatic hydroxyl groups excluding tert-OH is 1. The second kappa shape index (κ2) is 23.3. The monoisotopic (exact) mass is 1030 g/mol. The standard InChI is InChI=1S/C51H57BrN4O10S2/c1-31(33-6-8-34(9-7-33)46-32(2)53-30-67-46)54-49(60)42-26-38(58)28-56(42)50(61)48(51(3,4)5)55-44(59)29-64-23-22-62-20-21-63-24-25-65-39-15-17-40(18-16-39)66-45-41-19-14-37(57)27-43(41)68-47(45)35-10-12-36(52)13-11-35/h6-19,27,30-31,38,42,48,57-58H,20-26,28-29H2,1-5H3,(H,54,60)(H,55,59)/t31-,38+,42-,48?/m0/s1. The Morgan fingerprint density at radius 2 is 1.47 bits per heavy atom. The van der Waals surface area contributed by atoms with Crippen molar-refractivity contribution < 1.29 is 48.3 Å². The lowest BCUT2D eigenvalue weighted by atomic mass is 9.85. The molecule has 7 rings (SSSR count). The summed E-state index contributed by atoms with van der Waals surface area (Å²) in [6, 6.07) is 26.3. The molecule has 0 spiro atoms. The van der Waals surface area contributed by atoms with Crippen LogP contribution in [0.4, 0.5) is 0 Å². The summed E-state index contributed by atoms with van der Waals surface area (Å²) >= 11 is 6.63. The molecule has 0 radical (unpaired) electrons. The second-order valence-corrected chi connectivity index (χ2v) is 20.4. The molecule has 17 heteroatoms. The average Bonchev–Trinajstić information content (AvgIpc) is 4.03. The first-order valence-electron chi connectivity index (χ1n) is 22.4. The van der Waals surface area contributed by atoms with E-state index < -0.39 is 35.4 Å². The van der Waals surface area contributed by atoms with Crippen molar-refractivity contribution >= 4 is 66.4 Å². The number of carbonyl (C=O) groups is 3. The molecule has 0 aliphatic carbocycles. The zero-order chi connectivity index (χ0) is 48.4. The third-order valence-corrected chi connectivity index (χ3v) is 14.0. The van der Waals surface area contributed by atoms with Gasteiger partial charge in [0.1, 0.15) is 42.5 Å². The highest BCUT2D eigenvalue weighted by Crippen LogP contribution is 2.47. The number of phenols is 1. The van der Waals surface area contributed by atoms with Gasteiger partial charge < -0.3 is 49.4 Å². The van der Waals surface area contributed by atoms with Crippen molar-refractivity contribution in [1.82, 2.24) is 20.5 Å². The first kappa shape index (κ1) is 50.5. The SMILES string of the molecule is Cc1ncsc1-c1ccc([C@H](C)NC(=O)[C@@H]2C[C@@H](O)CN2C(=O)C(NC(=O)COCCOCCOCCOc2ccc(Oc3c(-c4ccc(Br)cc4)sc4cc(O)ccc34)cc2)C(C)(C)C)cc1. The van der Waals surface area contributed by atoms with Gasteiger partial charge in [-0.25, -0.2) is 4.98 Å². The number of nitrogens with zero attached hydrogens (tertiary/aromatic N) is 2. The van der Waals surface area contributed by atoms with Gasteiger partial charge in [-0.15, -0.1) is 22.7 Å². The molecule has 0 bridgehead atoms. The summed E-state index contributed by atoms with van der Waals surface area (Å²) in [6.07, 6.45) is -0.794. The lowest BCUT2D eigenvalue weighted by Crippen LogP contribution is -2.58. The Bertz CT molecular complexity index is 2630. The molecule has 2 aromatic heterocycles. The molecule has 1 aliphatic rings. The van der Waals surface area contributed by atoms with E-state index in [9.17, 15) is 24.6 Å². The number of phenolic OH excluding ortho intramolecular Hbond substituents is 1. The van der Waals surface area contributed by atoms with E-state index in [1.54, 1.807) is 34.8 Å². The molecular weight excluding hydrogens is 973 g/mol. The maximum atomic E-state index is 14.0. The Labute approximate surface area is 412 Å². The van der Waals surface area contributed by atoms with Crippen molar-refractivity contribution in [2.24, 2.45) is 5.41 Å². The maximum Gasteiger partial charge on any atom is 0.246 e. The summed E-state index contributed by atoms with van der Waals surface area (Å²) in [5.41, 5.74) is 5.02. The van der Waals surface area contributed by atoms with Gasteiger partial charge >= 0.3 is 0 Å². The lowest BCUT2D eigenvalue weighted by molar-refractivity contribution is -0.144. The molecule has 4 N–H and O–H groups in total. The van der Waals surface area contributed by atoms with Gasteiger partial charge in [0.2, 0.25) is 17.7 Å². The molecule has 4 atom stereocenters. The Morgan fingerprint density at radius 1 is 0.838 bits per heavy atom. The molecule has 1 aliphatic heterocycles. The zero-order valence-electron chi connectivity index (χ0n) is 38.7. The molecule has 3 amide bonds. The predicted molar refractivity (Wildman–Crippen MR) is 267 cm³/mol. The fourth-order valence-corrected chi connectivity index (χ4v) is 9.96. The number of hydrogen-bond acceptors (Lipinski definition) is 13. The number of hydrogen-bond donors (Lipinski definition) is 4. The average molecular weight is 1030 g/mol. The number of thiophene rings is 1. The Morgan fingerprint density at radius 3 is 2.13 bits per heavy atom. The van der Waals surface area contributed by atoms with Gasteiger partial charge in [0, 0.05) is 27.5 Å². The van der Waals surface area contributed by atoms with Gasteiger partial charge in [-0.1, -0.05) is 73.1 Å². The summed E-state index contributed by atoms with van der Waals surface area (Å²) in [5, 5.41) is 27.4. The van der Waals surface area contributed by atoms with Crippen LogP contribution >= 0.6 is 38.6 Å². The molecule has 68 heavy (non-hydrogen) atoms. The van der Waals surface area contributed by atoms with Gasteiger partial charge in [0.05, 0.1) is 66.1 Å². The molecule has 6 aromatic rings. The molecule has 0 saturated carbocycles. The number of aliphatic hydroxyl groups is 1. The van der Waals surface area contributed by atoms with E-state index in [-0.39, 0.29) is 50.5 Å². The highest BCUT2D eigenvalue weighted by molar-refractivity contribution is 9.10. The number of benzene rings is 4. The molecule has 1 unspecified atom stereocenters. The molecule has 14 nitrogen and oxygen atoms in total. The number of aromatic nitrogens is 1. The summed E-state index contributed by atoms with van der Waals surface area (Å²) in [4.78, 5) is 48.4. The number of β-amino-alcohol motifs (C(OH)–C–C–N with tert-alkyl or cyclic N) is 1. The first-order valence-corrected chi connectivity index (χ1v) is 24.9. The van der Waals surface area contributed by atoms with Crippen LogP contribution in [0.2, 0.25) is 0 Å². The summed E-state index contributed by atoms with van der Waals surface area (Å²) in [5.74, 6) is 0.919. The minimum atomic E-state index is -0.975. The van der Waals surface area contributed by atoms with Gasteiger partial charge in [0.25, 0.3) is 0 Å². The number of carbonyl (C=O) groups excluding carboxylic acids is 3. The number of likely N-dealkylation sites (tertiary alicyclic amines) is 1. The first-order chi connectivity index (χ1) is 32.6. The van der Waals surface area contributed by atoms with Crippen LogP contribution in [0.25, 0.3) is 31.0 Å². The molecule has 1 saturated heterocycles. The molecule has 4 aromatic carbocycles. The van der Waals surface area contributed by atoms with Crippen molar-refractivity contribution in [3.05, 3.63) is 112 Å². The van der Waals surface area contributed by atoms with Gasteiger partial charge in [-0.2, -0.15) is 0 Å². The number of fused-ring (bicyclic) bond motifs is 1. The van der Waals surface area contributed by atoms with E-state index in [1.165, 1.54) is 4.90 Å².